The van der Waals surface area contributed by atoms with Gasteiger partial charge in [-0.15, -0.1) is 11.3 Å². The lowest BCUT2D eigenvalue weighted by atomic mass is 9.96. The first-order valence-electron chi connectivity index (χ1n) is 11.4. The Morgan fingerprint density at radius 1 is 1.19 bits per heavy atom. The lowest BCUT2D eigenvalue weighted by Gasteiger charge is -2.24. The number of likely N-dealkylation sites (N-methyl/N-ethyl adjacent to an activating group) is 1. The van der Waals surface area contributed by atoms with Crippen LogP contribution in [0.2, 0.25) is 0 Å². The Labute approximate surface area is 189 Å². The summed E-state index contributed by atoms with van der Waals surface area (Å²) < 4.78 is 5.67. The molecule has 0 radical (unpaired) electrons. The molecule has 166 valence electrons. The lowest BCUT2D eigenvalue weighted by molar-refractivity contribution is -0.135. The van der Waals surface area contributed by atoms with E-state index in [0.717, 1.165) is 31.4 Å². The van der Waals surface area contributed by atoms with Gasteiger partial charge >= 0.3 is 0 Å². The molecule has 0 unspecified atom stereocenters. The van der Waals surface area contributed by atoms with Gasteiger partial charge in [0.1, 0.15) is 0 Å². The molecule has 0 saturated carbocycles. The fraction of sp³-hybridized carbons (Fsp3) is 0.520. The summed E-state index contributed by atoms with van der Waals surface area (Å²) >= 11 is 1.73. The maximum absolute atomic E-state index is 13.1. The molecule has 31 heavy (non-hydrogen) atoms. The summed E-state index contributed by atoms with van der Waals surface area (Å²) in [4.78, 5) is 31.1. The van der Waals surface area contributed by atoms with Crippen LogP contribution >= 0.6 is 11.3 Å². The van der Waals surface area contributed by atoms with Crippen LogP contribution in [0.4, 0.5) is 0 Å². The van der Waals surface area contributed by atoms with E-state index in [4.69, 9.17) is 4.74 Å². The predicted molar refractivity (Wildman–Crippen MR) is 124 cm³/mol. The van der Waals surface area contributed by atoms with Crippen molar-refractivity contribution in [3.8, 4) is 10.4 Å². The monoisotopic (exact) mass is 440 g/mol. The first-order chi connectivity index (χ1) is 15.1. The van der Waals surface area contributed by atoms with Gasteiger partial charge < -0.3 is 14.5 Å². The van der Waals surface area contributed by atoms with Gasteiger partial charge in [0.05, 0.1) is 12.0 Å². The second-order valence-electron chi connectivity index (χ2n) is 8.51. The Hall–Kier alpha value is -2.18. The zero-order chi connectivity index (χ0) is 21.6. The van der Waals surface area contributed by atoms with Gasteiger partial charge in [-0.25, -0.2) is 0 Å². The maximum atomic E-state index is 13.1. The zero-order valence-corrected chi connectivity index (χ0v) is 19.1. The minimum absolute atomic E-state index is 0.152. The molecule has 1 aromatic carbocycles. The molecule has 6 heteroatoms. The number of amides is 2. The molecule has 3 heterocycles. The quantitative estimate of drug-likeness (QED) is 0.648. The summed E-state index contributed by atoms with van der Waals surface area (Å²) in [5.74, 6) is 0.125. The summed E-state index contributed by atoms with van der Waals surface area (Å²) in [5.41, 5.74) is 2.34. The van der Waals surface area contributed by atoms with Crippen LogP contribution in [0.3, 0.4) is 0 Å². The van der Waals surface area contributed by atoms with Gasteiger partial charge in [-0.1, -0.05) is 30.3 Å². The first kappa shape index (κ1) is 22.0. The highest BCUT2D eigenvalue weighted by Gasteiger charge is 2.32. The standard InChI is InChI=1S/C25H32N2O3S/c1-2-26-13-14-27(24(28)12-11-22-5-3-15-30-22)18-21(25(26)29)17-19-7-9-20(10-8-19)23-6-4-16-31-23/h4,6-10,16,21-22H,2-3,5,11-15,17-18H2,1H3/t21-,22-/m0/s1. The topological polar surface area (TPSA) is 49.9 Å². The van der Waals surface area contributed by atoms with Gasteiger partial charge in [-0.2, -0.15) is 0 Å². The second kappa shape index (κ2) is 10.4. The largest absolute Gasteiger partial charge is 0.378 e. The lowest BCUT2D eigenvalue weighted by Crippen LogP contribution is -2.38. The molecule has 0 aliphatic carbocycles. The Bertz CT molecular complexity index is 859. The molecule has 0 N–H and O–H groups in total. The Balaban J connectivity index is 1.42. The third-order valence-corrected chi connectivity index (χ3v) is 7.34. The number of hydrogen-bond acceptors (Lipinski definition) is 4. The van der Waals surface area contributed by atoms with Gasteiger partial charge in [0.25, 0.3) is 0 Å². The van der Waals surface area contributed by atoms with Crippen molar-refractivity contribution in [3.63, 3.8) is 0 Å². The van der Waals surface area contributed by atoms with Gasteiger partial charge in [0.15, 0.2) is 0 Å². The molecule has 4 rings (SSSR count). The van der Waals surface area contributed by atoms with Gasteiger partial charge in [-0.05, 0) is 55.2 Å². The summed E-state index contributed by atoms with van der Waals surface area (Å²) in [6.45, 7) is 5.26. The van der Waals surface area contributed by atoms with E-state index >= 15 is 0 Å². The fourth-order valence-corrected chi connectivity index (χ4v) is 5.32. The van der Waals surface area contributed by atoms with Crippen LogP contribution in [0.5, 0.6) is 0 Å². The van der Waals surface area contributed by atoms with E-state index in [9.17, 15) is 9.59 Å². The average molecular weight is 441 g/mol. The fourth-order valence-electron chi connectivity index (χ4n) is 4.58. The molecule has 2 amide bonds. The molecule has 1 aromatic heterocycles. The van der Waals surface area contributed by atoms with Crippen LogP contribution in [0.15, 0.2) is 41.8 Å². The van der Waals surface area contributed by atoms with Crippen molar-refractivity contribution in [1.82, 2.24) is 9.80 Å². The Morgan fingerprint density at radius 3 is 2.71 bits per heavy atom. The second-order valence-corrected chi connectivity index (χ2v) is 9.45. The number of rotatable bonds is 7. The van der Waals surface area contributed by atoms with E-state index < -0.39 is 0 Å². The van der Waals surface area contributed by atoms with E-state index in [2.05, 4.69) is 41.8 Å². The van der Waals surface area contributed by atoms with E-state index in [-0.39, 0.29) is 23.8 Å². The highest BCUT2D eigenvalue weighted by atomic mass is 32.1. The van der Waals surface area contributed by atoms with Gasteiger partial charge in [0.2, 0.25) is 11.8 Å². The normalized spacial score (nSPS) is 22.0. The molecule has 0 spiro atoms. The average Bonchev–Trinajstić information content (AvgIpc) is 3.48. The zero-order valence-electron chi connectivity index (χ0n) is 18.3. The van der Waals surface area contributed by atoms with Crippen LogP contribution in [0, 0.1) is 5.92 Å². The van der Waals surface area contributed by atoms with Crippen molar-refractivity contribution in [2.45, 2.75) is 45.1 Å². The first-order valence-corrected chi connectivity index (χ1v) is 12.3. The van der Waals surface area contributed by atoms with Crippen molar-refractivity contribution in [2.24, 2.45) is 5.92 Å². The SMILES string of the molecule is CCN1CCN(C(=O)CC[C@@H]2CCCO2)C[C@H](Cc2ccc(-c3cccs3)cc2)C1=O. The highest BCUT2D eigenvalue weighted by Crippen LogP contribution is 2.26. The number of carbonyl (C=O) groups excluding carboxylic acids is 2. The van der Waals surface area contributed by atoms with E-state index in [1.54, 1.807) is 11.3 Å². The summed E-state index contributed by atoms with van der Waals surface area (Å²) in [6, 6.07) is 12.7. The minimum Gasteiger partial charge on any atom is -0.378 e. The number of carbonyl (C=O) groups is 2. The third kappa shape index (κ3) is 5.55. The van der Waals surface area contributed by atoms with Crippen LogP contribution in [-0.4, -0.2) is 60.5 Å². The molecule has 2 aliphatic heterocycles. The molecule has 2 aliphatic rings. The number of ether oxygens (including phenoxy) is 1. The number of thiophene rings is 1. The van der Waals surface area contributed by atoms with Crippen LogP contribution in [0.25, 0.3) is 10.4 Å². The smallest absolute Gasteiger partial charge is 0.227 e. The predicted octanol–water partition coefficient (Wildman–Crippen LogP) is 4.22. The number of hydrogen-bond donors (Lipinski definition) is 0. The minimum atomic E-state index is -0.193. The van der Waals surface area contributed by atoms with Crippen LogP contribution in [0.1, 0.15) is 38.2 Å². The molecule has 0 bridgehead atoms. The van der Waals surface area contributed by atoms with Crippen LogP contribution in [-0.2, 0) is 20.7 Å². The molecule has 2 atom stereocenters. The number of nitrogens with zero attached hydrogens (tertiary/aromatic N) is 2. The molecule has 2 aromatic rings. The van der Waals surface area contributed by atoms with Crippen molar-refractivity contribution in [1.29, 1.82) is 0 Å². The summed E-state index contributed by atoms with van der Waals surface area (Å²) in [6.07, 6.45) is 4.33. The van der Waals surface area contributed by atoms with Crippen molar-refractivity contribution in [2.75, 3.05) is 32.8 Å². The van der Waals surface area contributed by atoms with Crippen molar-refractivity contribution >= 4 is 23.2 Å². The Kier molecular flexibility index (Phi) is 7.41. The van der Waals surface area contributed by atoms with E-state index in [0.29, 0.717) is 39.0 Å². The Morgan fingerprint density at radius 2 is 2.03 bits per heavy atom. The van der Waals surface area contributed by atoms with Gasteiger partial charge in [-0.3, -0.25) is 9.59 Å². The molecule has 2 fully saturated rings. The van der Waals surface area contributed by atoms with Gasteiger partial charge in [0, 0.05) is 44.1 Å². The number of benzene rings is 1. The molecule has 5 nitrogen and oxygen atoms in total. The molecular formula is C25H32N2O3S. The third-order valence-electron chi connectivity index (χ3n) is 6.42. The van der Waals surface area contributed by atoms with Crippen LogP contribution < -0.4 is 0 Å². The van der Waals surface area contributed by atoms with Crippen molar-refractivity contribution in [3.05, 3.63) is 47.3 Å². The molecular weight excluding hydrogens is 408 g/mol. The maximum Gasteiger partial charge on any atom is 0.227 e. The highest BCUT2D eigenvalue weighted by molar-refractivity contribution is 7.13. The summed E-state index contributed by atoms with van der Waals surface area (Å²) in [7, 11) is 0. The molecule has 2 saturated heterocycles. The van der Waals surface area contributed by atoms with Crippen molar-refractivity contribution < 1.29 is 14.3 Å². The van der Waals surface area contributed by atoms with E-state index in [1.807, 2.05) is 16.7 Å². The van der Waals surface area contributed by atoms with E-state index in [1.165, 1.54) is 10.4 Å². The summed E-state index contributed by atoms with van der Waals surface area (Å²) in [5, 5.41) is 2.08.